The van der Waals surface area contributed by atoms with Crippen molar-refractivity contribution in [3.8, 4) is 11.5 Å². The smallest absolute Gasteiger partial charge is 0.257 e. The number of carbonyl (C=O) groups excluding carboxylic acids is 1. The maximum Gasteiger partial charge on any atom is 0.257 e. The highest BCUT2D eigenvalue weighted by atomic mass is 79.9. The van der Waals surface area contributed by atoms with Crippen LogP contribution < -0.4 is 20.6 Å². The van der Waals surface area contributed by atoms with E-state index in [9.17, 15) is 9.18 Å². The monoisotopic (exact) mass is 338 g/mol. The molecule has 1 heterocycles. The molecule has 0 atom stereocenters. The van der Waals surface area contributed by atoms with E-state index in [4.69, 9.17) is 9.68 Å². The number of nitrogens with one attached hydrogen (secondary N) is 2. The number of halogens is 2. The second-order valence-electron chi connectivity index (χ2n) is 4.00. The second-order valence-corrected chi connectivity index (χ2v) is 4.85. The molecule has 1 amide bonds. The van der Waals surface area contributed by atoms with Gasteiger partial charge in [-0.1, -0.05) is 12.1 Å². The van der Waals surface area contributed by atoms with Crippen LogP contribution in [0.1, 0.15) is 10.4 Å². The molecule has 0 spiro atoms. The van der Waals surface area contributed by atoms with Crippen molar-refractivity contribution in [1.82, 2.24) is 5.64 Å². The Labute approximate surface area is 121 Å². The molecule has 1 aliphatic rings. The summed E-state index contributed by atoms with van der Waals surface area (Å²) in [6, 6.07) is 9.02. The van der Waals surface area contributed by atoms with Gasteiger partial charge in [0.2, 0.25) is 0 Å². The first-order valence-corrected chi connectivity index (χ1v) is 6.42. The third-order valence-electron chi connectivity index (χ3n) is 2.70. The Hall–Kier alpha value is -2.12. The predicted octanol–water partition coefficient (Wildman–Crippen LogP) is 3.03. The van der Waals surface area contributed by atoms with E-state index in [0.29, 0.717) is 21.5 Å². The zero-order valence-electron chi connectivity index (χ0n) is 9.94. The summed E-state index contributed by atoms with van der Waals surface area (Å²) in [5.41, 5.74) is 2.64. The average Bonchev–Trinajstić information content (AvgIpc) is 2.87. The summed E-state index contributed by atoms with van der Waals surface area (Å²) in [7, 11) is 0. The third-order valence-corrected chi connectivity index (χ3v) is 3.36. The van der Waals surface area contributed by atoms with E-state index in [1.165, 1.54) is 18.2 Å². The summed E-state index contributed by atoms with van der Waals surface area (Å²) < 4.78 is 14.0. The fraction of sp³-hybridized carbons (Fsp3) is 0. The van der Waals surface area contributed by atoms with Crippen LogP contribution >= 0.6 is 15.9 Å². The maximum absolute atomic E-state index is 13.5. The van der Waals surface area contributed by atoms with Gasteiger partial charge in [-0.2, -0.15) is 0 Å². The molecule has 2 aromatic carbocycles. The largest absolute Gasteiger partial charge is 0.370 e. The summed E-state index contributed by atoms with van der Waals surface area (Å²) in [6.07, 6.45) is 0. The van der Waals surface area contributed by atoms with Gasteiger partial charge in [0.15, 0.2) is 11.5 Å². The van der Waals surface area contributed by atoms with Gasteiger partial charge in [0.1, 0.15) is 5.82 Å². The Morgan fingerprint density at radius 2 is 1.90 bits per heavy atom. The lowest BCUT2D eigenvalue weighted by Gasteiger charge is -2.08. The van der Waals surface area contributed by atoms with E-state index in [1.54, 1.807) is 18.2 Å². The number of hydrogen-bond acceptors (Lipinski definition) is 4. The zero-order chi connectivity index (χ0) is 14.1. The molecule has 0 radical (unpaired) electrons. The van der Waals surface area contributed by atoms with E-state index in [0.717, 1.165) is 0 Å². The maximum atomic E-state index is 13.5. The molecule has 20 heavy (non-hydrogen) atoms. The first kappa shape index (κ1) is 12.9. The molecule has 0 saturated carbocycles. The molecular weight excluding hydrogens is 331 g/mol. The van der Waals surface area contributed by atoms with Crippen LogP contribution in [0.15, 0.2) is 40.9 Å². The molecule has 0 bridgehead atoms. The Morgan fingerprint density at radius 1 is 1.20 bits per heavy atom. The normalized spacial score (nSPS) is 12.3. The van der Waals surface area contributed by atoms with Crippen molar-refractivity contribution < 1.29 is 18.9 Å². The first-order valence-electron chi connectivity index (χ1n) is 5.63. The Morgan fingerprint density at radius 3 is 2.65 bits per heavy atom. The van der Waals surface area contributed by atoms with Crippen molar-refractivity contribution in [2.75, 3.05) is 5.32 Å². The topological polar surface area (TPSA) is 59.6 Å². The number of rotatable bonds is 2. The summed E-state index contributed by atoms with van der Waals surface area (Å²) in [6.45, 7) is 0. The molecule has 0 unspecified atom stereocenters. The van der Waals surface area contributed by atoms with Crippen LogP contribution in [0, 0.1) is 5.82 Å². The van der Waals surface area contributed by atoms with Crippen molar-refractivity contribution in [3.63, 3.8) is 0 Å². The zero-order valence-corrected chi connectivity index (χ0v) is 11.5. The van der Waals surface area contributed by atoms with Crippen LogP contribution in [0.2, 0.25) is 0 Å². The van der Waals surface area contributed by atoms with Gasteiger partial charge in [-0.15, -0.1) is 0 Å². The lowest BCUT2D eigenvalue weighted by Crippen LogP contribution is -2.14. The number of para-hydroxylation sites is 1. The lowest BCUT2D eigenvalue weighted by atomic mass is 10.2. The summed E-state index contributed by atoms with van der Waals surface area (Å²) in [5.74, 6) is -0.120. The number of fused-ring (bicyclic) bond motifs is 1. The van der Waals surface area contributed by atoms with Crippen LogP contribution in [0.25, 0.3) is 0 Å². The molecule has 102 valence electrons. The molecule has 0 aromatic heterocycles. The van der Waals surface area contributed by atoms with Crippen LogP contribution in [-0.4, -0.2) is 5.91 Å². The van der Waals surface area contributed by atoms with Crippen molar-refractivity contribution >= 4 is 27.5 Å². The summed E-state index contributed by atoms with van der Waals surface area (Å²) in [5, 5.41) is 2.50. The van der Waals surface area contributed by atoms with E-state index in [1.807, 2.05) is 0 Å². The molecule has 7 heteroatoms. The highest BCUT2D eigenvalue weighted by Gasteiger charge is 2.21. The standard InChI is InChI=1S/C13H8BrFN2O3/c14-8-6-12-11(19-17-20-12)5-7(8)13(18)16-10-4-2-1-3-9(10)15/h1-6,17H,(H,16,18). The number of benzene rings is 2. The van der Waals surface area contributed by atoms with E-state index in [2.05, 4.69) is 26.9 Å². The van der Waals surface area contributed by atoms with Crippen LogP contribution in [0.3, 0.4) is 0 Å². The molecule has 3 rings (SSSR count). The Kier molecular flexibility index (Phi) is 3.29. The highest BCUT2D eigenvalue weighted by Crippen LogP contribution is 2.35. The Balaban J connectivity index is 1.90. The van der Waals surface area contributed by atoms with Crippen LogP contribution in [-0.2, 0) is 0 Å². The average molecular weight is 339 g/mol. The summed E-state index contributed by atoms with van der Waals surface area (Å²) >= 11 is 3.26. The molecular formula is C13H8BrFN2O3. The molecule has 0 aliphatic carbocycles. The van der Waals surface area contributed by atoms with Crippen LogP contribution in [0.5, 0.6) is 11.5 Å². The van der Waals surface area contributed by atoms with E-state index >= 15 is 0 Å². The number of carbonyl (C=O) groups is 1. The minimum atomic E-state index is -0.501. The molecule has 5 nitrogen and oxygen atoms in total. The quantitative estimate of drug-likeness (QED) is 0.883. The van der Waals surface area contributed by atoms with Gasteiger partial charge in [0.05, 0.1) is 11.3 Å². The van der Waals surface area contributed by atoms with Gasteiger partial charge in [0.25, 0.3) is 5.91 Å². The van der Waals surface area contributed by atoms with Gasteiger partial charge >= 0.3 is 0 Å². The van der Waals surface area contributed by atoms with Gasteiger partial charge < -0.3 is 15.0 Å². The first-order chi connectivity index (χ1) is 9.65. The van der Waals surface area contributed by atoms with E-state index < -0.39 is 11.7 Å². The van der Waals surface area contributed by atoms with Gasteiger partial charge in [0, 0.05) is 22.2 Å². The predicted molar refractivity (Wildman–Crippen MR) is 72.9 cm³/mol. The van der Waals surface area contributed by atoms with Crippen molar-refractivity contribution in [2.45, 2.75) is 0 Å². The molecule has 1 aliphatic heterocycles. The molecule has 0 fully saturated rings. The van der Waals surface area contributed by atoms with Gasteiger partial charge in [-0.3, -0.25) is 4.79 Å². The van der Waals surface area contributed by atoms with E-state index in [-0.39, 0.29) is 5.69 Å². The van der Waals surface area contributed by atoms with Crippen molar-refractivity contribution in [2.24, 2.45) is 0 Å². The fourth-order valence-corrected chi connectivity index (χ4v) is 2.23. The minimum Gasteiger partial charge on any atom is -0.370 e. The SMILES string of the molecule is O=C(Nc1ccccc1F)c1cc2c(cc1Br)ONO2. The number of hydrogen-bond donors (Lipinski definition) is 2. The molecule has 0 saturated heterocycles. The van der Waals surface area contributed by atoms with Crippen molar-refractivity contribution in [3.05, 3.63) is 52.3 Å². The Bertz CT molecular complexity index is 693. The number of anilines is 1. The minimum absolute atomic E-state index is 0.111. The van der Waals surface area contributed by atoms with Crippen LogP contribution in [0.4, 0.5) is 10.1 Å². The molecule has 2 aromatic rings. The van der Waals surface area contributed by atoms with Crippen molar-refractivity contribution in [1.29, 1.82) is 0 Å². The number of amides is 1. The lowest BCUT2D eigenvalue weighted by molar-refractivity contribution is 0.0259. The third kappa shape index (κ3) is 2.33. The van der Waals surface area contributed by atoms with Gasteiger partial charge in [-0.25, -0.2) is 4.39 Å². The second kappa shape index (κ2) is 5.10. The fourth-order valence-electron chi connectivity index (χ4n) is 1.73. The summed E-state index contributed by atoms with van der Waals surface area (Å²) in [4.78, 5) is 22.1. The highest BCUT2D eigenvalue weighted by molar-refractivity contribution is 9.10. The molecule has 2 N–H and O–H groups in total. The van der Waals surface area contributed by atoms with Gasteiger partial charge in [-0.05, 0) is 28.1 Å².